The number of nitrogens with one attached hydrogen (secondary N) is 1. The lowest BCUT2D eigenvalue weighted by Crippen LogP contribution is -2.06. The number of aliphatic hydroxyl groups excluding tert-OH is 1. The highest BCUT2D eigenvalue weighted by molar-refractivity contribution is 7.99. The van der Waals surface area contributed by atoms with Crippen LogP contribution in [0.5, 0.6) is 0 Å². The van der Waals surface area contributed by atoms with E-state index < -0.39 is 0 Å². The molecule has 2 aromatic carbocycles. The van der Waals surface area contributed by atoms with E-state index in [9.17, 15) is 10.4 Å². The summed E-state index contributed by atoms with van der Waals surface area (Å²) in [6.07, 6.45) is 0.771. The van der Waals surface area contributed by atoms with E-state index in [0.717, 1.165) is 23.0 Å². The van der Waals surface area contributed by atoms with Crippen LogP contribution in [0.25, 0.3) is 28.0 Å². The number of aromatic nitrogens is 5. The van der Waals surface area contributed by atoms with Gasteiger partial charge in [0.05, 0.1) is 16.8 Å². The Hall–Kier alpha value is -3.32. The monoisotopic (exact) mass is 480 g/mol. The summed E-state index contributed by atoms with van der Waals surface area (Å²) in [6, 6.07) is 16.9. The molecule has 10 heteroatoms. The predicted octanol–water partition coefficient (Wildman–Crippen LogP) is 5.10. The van der Waals surface area contributed by atoms with Gasteiger partial charge in [-0.15, -0.1) is 10.2 Å². The van der Waals surface area contributed by atoms with Gasteiger partial charge in [-0.3, -0.25) is 0 Å². The number of aliphatic hydroxyl groups is 1. The fraction of sp³-hybridized carbons (Fsp3) is 0.217. The van der Waals surface area contributed by atoms with Gasteiger partial charge in [-0.25, -0.2) is 4.98 Å². The molecule has 0 bridgehead atoms. The lowest BCUT2D eigenvalue weighted by Gasteiger charge is -2.10. The molecule has 4 rings (SSSR count). The Balaban J connectivity index is 1.59. The van der Waals surface area contributed by atoms with Gasteiger partial charge in [0, 0.05) is 30.8 Å². The maximum absolute atomic E-state index is 10.7. The van der Waals surface area contributed by atoms with Crippen molar-refractivity contribution in [2.75, 3.05) is 19.5 Å². The predicted molar refractivity (Wildman–Crippen MR) is 129 cm³/mol. The number of H-pyrrole nitrogens is 1. The molecule has 0 radical (unpaired) electrons. The van der Waals surface area contributed by atoms with E-state index in [2.05, 4.69) is 26.2 Å². The summed E-state index contributed by atoms with van der Waals surface area (Å²) in [5.74, 6) is 1.09. The Bertz CT molecular complexity index is 1290. The van der Waals surface area contributed by atoms with Crippen molar-refractivity contribution in [1.29, 1.82) is 5.26 Å². The summed E-state index contributed by atoms with van der Waals surface area (Å²) >= 11 is 7.32. The molecule has 8 nitrogen and oxygen atoms in total. The van der Waals surface area contributed by atoms with E-state index in [1.165, 1.54) is 11.8 Å². The first-order chi connectivity index (χ1) is 16.1. The molecule has 2 aromatic heterocycles. The van der Waals surface area contributed by atoms with E-state index in [4.69, 9.17) is 16.3 Å². The van der Waals surface area contributed by atoms with Crippen molar-refractivity contribution >= 4 is 40.0 Å². The second-order valence-electron chi connectivity index (χ2n) is 7.14. The summed E-state index contributed by atoms with van der Waals surface area (Å²) in [5, 5.41) is 30.3. The average molecular weight is 481 g/mol. The third-order valence-electron chi connectivity index (χ3n) is 4.91. The van der Waals surface area contributed by atoms with Gasteiger partial charge >= 0.3 is 0 Å². The molecule has 0 aliphatic heterocycles. The molecule has 168 valence electrons. The van der Waals surface area contributed by atoms with Crippen LogP contribution >= 0.6 is 23.4 Å². The zero-order chi connectivity index (χ0) is 23.2. The SMILES string of the molecule is COCCCn1c(SCC(O)=C(C#N)c2nc3ccccc3[nH]2)nnc1-c1ccc(Cl)cc1. The Morgan fingerprint density at radius 2 is 2.00 bits per heavy atom. The van der Waals surface area contributed by atoms with E-state index in [-0.39, 0.29) is 17.1 Å². The third-order valence-corrected chi connectivity index (χ3v) is 6.14. The highest BCUT2D eigenvalue weighted by atomic mass is 35.5. The van der Waals surface area contributed by atoms with E-state index >= 15 is 0 Å². The second-order valence-corrected chi connectivity index (χ2v) is 8.51. The first kappa shape index (κ1) is 22.9. The van der Waals surface area contributed by atoms with Crippen molar-refractivity contribution in [3.05, 3.63) is 65.1 Å². The van der Waals surface area contributed by atoms with Gasteiger partial charge in [-0.2, -0.15) is 5.26 Å². The maximum atomic E-state index is 10.7. The number of benzene rings is 2. The van der Waals surface area contributed by atoms with Crippen LogP contribution < -0.4 is 0 Å². The molecule has 0 aliphatic carbocycles. The summed E-state index contributed by atoms with van der Waals surface area (Å²) in [5.41, 5.74) is 2.51. The van der Waals surface area contributed by atoms with Crippen LogP contribution in [-0.2, 0) is 11.3 Å². The molecular weight excluding hydrogens is 460 g/mol. The van der Waals surface area contributed by atoms with Gasteiger partial charge < -0.3 is 19.4 Å². The Morgan fingerprint density at radius 1 is 1.21 bits per heavy atom. The number of hydrogen-bond donors (Lipinski definition) is 2. The number of allylic oxidation sites excluding steroid dienone is 1. The van der Waals surface area contributed by atoms with Crippen LogP contribution in [0.1, 0.15) is 12.2 Å². The van der Waals surface area contributed by atoms with Crippen molar-refractivity contribution in [1.82, 2.24) is 24.7 Å². The fourth-order valence-corrected chi connectivity index (χ4v) is 4.28. The van der Waals surface area contributed by atoms with E-state index in [1.54, 1.807) is 19.2 Å². The number of nitrogens with zero attached hydrogens (tertiary/aromatic N) is 5. The molecule has 33 heavy (non-hydrogen) atoms. The van der Waals surface area contributed by atoms with Crippen LogP contribution in [0.3, 0.4) is 0 Å². The first-order valence-electron chi connectivity index (χ1n) is 10.2. The van der Waals surface area contributed by atoms with Crippen molar-refractivity contribution in [2.24, 2.45) is 0 Å². The lowest BCUT2D eigenvalue weighted by atomic mass is 10.2. The summed E-state index contributed by atoms with van der Waals surface area (Å²) < 4.78 is 7.17. The number of imidazole rings is 1. The zero-order valence-corrected chi connectivity index (χ0v) is 19.4. The number of methoxy groups -OCH3 is 1. The first-order valence-corrected chi connectivity index (χ1v) is 11.5. The normalized spacial score (nSPS) is 12.0. The quantitative estimate of drug-likeness (QED) is 0.148. The number of hydrogen-bond acceptors (Lipinski definition) is 7. The second kappa shape index (κ2) is 10.5. The molecule has 0 atom stereocenters. The third kappa shape index (κ3) is 5.20. The fourth-order valence-electron chi connectivity index (χ4n) is 3.31. The van der Waals surface area contributed by atoms with Gasteiger partial charge in [0.1, 0.15) is 17.4 Å². The average Bonchev–Trinajstić information content (AvgIpc) is 3.43. The number of halogens is 1. The number of ether oxygens (including phenoxy) is 1. The number of aromatic amines is 1. The largest absolute Gasteiger partial charge is 0.510 e. The Labute approximate surface area is 199 Å². The molecule has 0 saturated carbocycles. The minimum atomic E-state index is -0.0824. The Morgan fingerprint density at radius 3 is 2.73 bits per heavy atom. The van der Waals surface area contributed by atoms with Gasteiger partial charge in [0.25, 0.3) is 0 Å². The lowest BCUT2D eigenvalue weighted by molar-refractivity contribution is 0.189. The molecule has 0 saturated heterocycles. The summed E-state index contributed by atoms with van der Waals surface area (Å²) in [7, 11) is 1.66. The molecule has 2 N–H and O–H groups in total. The number of nitriles is 1. The summed E-state index contributed by atoms with van der Waals surface area (Å²) in [6.45, 7) is 1.23. The Kier molecular flexibility index (Phi) is 7.29. The molecule has 0 fully saturated rings. The van der Waals surface area contributed by atoms with Crippen LogP contribution in [0.2, 0.25) is 5.02 Å². The number of thioether (sulfide) groups is 1. The van der Waals surface area contributed by atoms with E-state index in [1.807, 2.05) is 41.0 Å². The summed E-state index contributed by atoms with van der Waals surface area (Å²) in [4.78, 5) is 7.50. The van der Waals surface area contributed by atoms with Crippen molar-refractivity contribution in [2.45, 2.75) is 18.1 Å². The molecule has 0 amide bonds. The van der Waals surface area contributed by atoms with Gasteiger partial charge in [0.15, 0.2) is 16.8 Å². The van der Waals surface area contributed by atoms with Crippen molar-refractivity contribution in [3.8, 4) is 17.5 Å². The zero-order valence-electron chi connectivity index (χ0n) is 17.8. The number of fused-ring (bicyclic) bond motifs is 1. The minimum Gasteiger partial charge on any atom is -0.510 e. The number of para-hydroxylation sites is 2. The van der Waals surface area contributed by atoms with Crippen molar-refractivity contribution < 1.29 is 9.84 Å². The molecule has 2 heterocycles. The van der Waals surface area contributed by atoms with Gasteiger partial charge in [-0.1, -0.05) is 35.5 Å². The molecule has 4 aromatic rings. The standard InChI is InChI=1S/C23H21ClN6O2S/c1-32-12-4-11-30-22(15-7-9-16(24)10-8-15)28-29-23(30)33-14-20(31)17(13-25)21-26-18-5-2-3-6-19(18)27-21/h2-3,5-10,31H,4,11-12,14H2,1H3,(H,26,27). The topological polar surface area (TPSA) is 113 Å². The minimum absolute atomic E-state index is 0.0824. The molecule has 0 spiro atoms. The van der Waals surface area contributed by atoms with Crippen LogP contribution in [0.15, 0.2) is 59.4 Å². The molecule has 0 aliphatic rings. The van der Waals surface area contributed by atoms with Crippen LogP contribution in [-0.4, -0.2) is 49.3 Å². The van der Waals surface area contributed by atoms with Gasteiger partial charge in [-0.05, 0) is 42.8 Å². The van der Waals surface area contributed by atoms with Gasteiger partial charge in [0.2, 0.25) is 0 Å². The van der Waals surface area contributed by atoms with E-state index in [0.29, 0.717) is 35.0 Å². The van der Waals surface area contributed by atoms with Crippen LogP contribution in [0, 0.1) is 11.3 Å². The maximum Gasteiger partial charge on any atom is 0.191 e. The van der Waals surface area contributed by atoms with Crippen LogP contribution in [0.4, 0.5) is 0 Å². The molecule has 0 unspecified atom stereocenters. The highest BCUT2D eigenvalue weighted by Gasteiger charge is 2.18. The van der Waals surface area contributed by atoms with Crippen molar-refractivity contribution in [3.63, 3.8) is 0 Å². The highest BCUT2D eigenvalue weighted by Crippen LogP contribution is 2.28. The number of rotatable bonds is 9. The molecular formula is C23H21ClN6O2S. The smallest absolute Gasteiger partial charge is 0.191 e.